The van der Waals surface area contributed by atoms with E-state index >= 15 is 0 Å². The molecule has 5 heterocycles. The fraction of sp³-hybridized carbons (Fsp3) is 0.0370. The van der Waals surface area contributed by atoms with Gasteiger partial charge in [-0.25, -0.2) is 0 Å². The number of fused-ring (bicyclic) bond motifs is 8. The zero-order chi connectivity index (χ0) is 20.8. The zero-order valence-corrected chi connectivity index (χ0v) is 17.2. The summed E-state index contributed by atoms with van der Waals surface area (Å²) in [5.74, 6) is 0. The number of aryl methyl sites for hydroxylation is 1. The molecule has 1 aliphatic rings. The summed E-state index contributed by atoms with van der Waals surface area (Å²) in [6.45, 7) is 2.11. The summed E-state index contributed by atoms with van der Waals surface area (Å²) in [6, 6.07) is 23.5. The molecular formula is C27H22N4. The van der Waals surface area contributed by atoms with E-state index in [1.54, 1.807) is 0 Å². The summed E-state index contributed by atoms with van der Waals surface area (Å²) in [6.07, 6.45) is 8.55. The molecule has 8 bridgehead atoms. The summed E-state index contributed by atoms with van der Waals surface area (Å²) in [7, 11) is 0. The van der Waals surface area contributed by atoms with Gasteiger partial charge in [0, 0.05) is 49.7 Å². The van der Waals surface area contributed by atoms with Gasteiger partial charge in [-0.05, 0) is 79.3 Å². The smallest absolute Gasteiger partial charge is 0.0485 e. The summed E-state index contributed by atoms with van der Waals surface area (Å²) in [5, 5.41) is 4.26. The van der Waals surface area contributed by atoms with Crippen molar-refractivity contribution in [3.8, 4) is 11.1 Å². The van der Waals surface area contributed by atoms with Crippen LogP contribution in [0.15, 0.2) is 66.7 Å². The first-order valence-corrected chi connectivity index (χ1v) is 10.4. The number of hydrogen-bond donors (Lipinski definition) is 4. The molecule has 0 unspecified atom stereocenters. The second-order valence-electron chi connectivity index (χ2n) is 8.10. The SMILES string of the molecule is Cc1ccc(-c2cc3[nH]c2=Cc2ccc([nH]2)C=c2ccc([nH]2)=Cc2ccc([nH]2)C=3)cc1. The highest BCUT2D eigenvalue weighted by molar-refractivity contribution is 5.68. The third kappa shape index (κ3) is 3.49. The number of H-pyrrole nitrogens is 4. The fourth-order valence-electron chi connectivity index (χ4n) is 4.11. The van der Waals surface area contributed by atoms with Crippen molar-refractivity contribution in [2.45, 2.75) is 6.92 Å². The molecule has 4 N–H and O–H groups in total. The van der Waals surface area contributed by atoms with E-state index in [0.717, 1.165) is 44.2 Å². The average molecular weight is 403 g/mol. The Bertz CT molecular complexity index is 1630. The Morgan fingerprint density at radius 3 is 1.65 bits per heavy atom. The van der Waals surface area contributed by atoms with E-state index in [1.807, 2.05) is 0 Å². The molecule has 0 radical (unpaired) electrons. The van der Waals surface area contributed by atoms with Gasteiger partial charge in [0.25, 0.3) is 0 Å². The Labute approximate surface area is 179 Å². The van der Waals surface area contributed by atoms with E-state index in [4.69, 9.17) is 0 Å². The normalized spacial score (nSPS) is 12.4. The summed E-state index contributed by atoms with van der Waals surface area (Å²) < 4.78 is 0. The van der Waals surface area contributed by atoms with E-state index in [2.05, 4.69) is 118 Å². The largest absolute Gasteiger partial charge is 0.355 e. The first-order chi connectivity index (χ1) is 15.2. The monoisotopic (exact) mass is 402 g/mol. The van der Waals surface area contributed by atoms with Gasteiger partial charge < -0.3 is 19.9 Å². The first kappa shape index (κ1) is 17.7. The topological polar surface area (TPSA) is 63.2 Å². The zero-order valence-electron chi connectivity index (χ0n) is 17.2. The Balaban J connectivity index is 1.62. The van der Waals surface area contributed by atoms with E-state index in [9.17, 15) is 0 Å². The highest BCUT2D eigenvalue weighted by atomic mass is 14.8. The minimum atomic E-state index is 1.06. The lowest BCUT2D eigenvalue weighted by Crippen LogP contribution is -2.11. The Kier molecular flexibility index (Phi) is 3.96. The maximum atomic E-state index is 3.60. The molecule has 150 valence electrons. The van der Waals surface area contributed by atoms with Gasteiger partial charge >= 0.3 is 0 Å². The highest BCUT2D eigenvalue weighted by Crippen LogP contribution is 2.15. The average Bonchev–Trinajstić information content (AvgIpc) is 3.54. The van der Waals surface area contributed by atoms with E-state index in [-0.39, 0.29) is 0 Å². The van der Waals surface area contributed by atoms with Gasteiger partial charge in [-0.1, -0.05) is 29.8 Å². The van der Waals surface area contributed by atoms with Crippen molar-refractivity contribution < 1.29 is 0 Å². The second-order valence-corrected chi connectivity index (χ2v) is 8.10. The van der Waals surface area contributed by atoms with Crippen LogP contribution in [0.25, 0.3) is 35.4 Å². The molecule has 6 rings (SSSR count). The molecule has 31 heavy (non-hydrogen) atoms. The van der Waals surface area contributed by atoms with Gasteiger partial charge in [-0.3, -0.25) is 0 Å². The van der Waals surface area contributed by atoms with Crippen LogP contribution in [0.3, 0.4) is 0 Å². The molecule has 5 aromatic rings. The Morgan fingerprint density at radius 1 is 0.484 bits per heavy atom. The second kappa shape index (κ2) is 6.96. The summed E-state index contributed by atoms with van der Waals surface area (Å²) in [4.78, 5) is 14.0. The molecule has 4 heteroatoms. The van der Waals surface area contributed by atoms with Crippen LogP contribution in [-0.4, -0.2) is 19.9 Å². The molecule has 4 nitrogen and oxygen atoms in total. The molecule has 1 aliphatic heterocycles. The van der Waals surface area contributed by atoms with E-state index in [0.29, 0.717) is 0 Å². The molecule has 0 saturated heterocycles. The van der Waals surface area contributed by atoms with Crippen molar-refractivity contribution in [1.82, 2.24) is 19.9 Å². The minimum absolute atomic E-state index is 1.06. The minimum Gasteiger partial charge on any atom is -0.355 e. The van der Waals surface area contributed by atoms with E-state index < -0.39 is 0 Å². The van der Waals surface area contributed by atoms with Crippen LogP contribution < -0.4 is 21.4 Å². The Morgan fingerprint density at radius 2 is 1.03 bits per heavy atom. The van der Waals surface area contributed by atoms with Crippen LogP contribution in [0.2, 0.25) is 0 Å². The standard InChI is InChI=1S/C27H22N4/c1-17-2-4-18(5-3-17)26-15-25-14-23-9-8-21(29-23)12-19-6-7-20(28-19)13-22-10-11-24(30-22)16-27(26)31-25/h2-16,28-31H,1H3. The molecule has 0 aliphatic carbocycles. The lowest BCUT2D eigenvalue weighted by molar-refractivity contribution is 1.23. The summed E-state index contributed by atoms with van der Waals surface area (Å²) in [5.41, 5.74) is 7.87. The quantitative estimate of drug-likeness (QED) is 0.327. The fourth-order valence-corrected chi connectivity index (χ4v) is 4.11. The van der Waals surface area contributed by atoms with Crippen LogP contribution in [0.4, 0.5) is 0 Å². The molecule has 4 aromatic heterocycles. The number of rotatable bonds is 1. The van der Waals surface area contributed by atoms with Gasteiger partial charge in [-0.15, -0.1) is 0 Å². The highest BCUT2D eigenvalue weighted by Gasteiger charge is 2.05. The maximum Gasteiger partial charge on any atom is 0.0485 e. The number of aromatic nitrogens is 4. The predicted octanol–water partition coefficient (Wildman–Crippen LogP) is 2.60. The van der Waals surface area contributed by atoms with Crippen LogP contribution >= 0.6 is 0 Å². The third-order valence-electron chi connectivity index (χ3n) is 5.66. The van der Waals surface area contributed by atoms with Crippen molar-refractivity contribution >= 4 is 24.3 Å². The molecule has 0 saturated carbocycles. The van der Waals surface area contributed by atoms with Crippen molar-refractivity contribution in [2.75, 3.05) is 0 Å². The molecule has 0 amide bonds. The van der Waals surface area contributed by atoms with Crippen LogP contribution in [0.1, 0.15) is 28.3 Å². The summed E-state index contributed by atoms with van der Waals surface area (Å²) >= 11 is 0. The number of aromatic amines is 4. The van der Waals surface area contributed by atoms with Gasteiger partial charge in [0.1, 0.15) is 0 Å². The number of hydrogen-bond acceptors (Lipinski definition) is 0. The molecule has 0 spiro atoms. The first-order valence-electron chi connectivity index (χ1n) is 10.4. The lowest BCUT2D eigenvalue weighted by Gasteiger charge is -1.99. The number of nitrogens with one attached hydrogen (secondary N) is 4. The van der Waals surface area contributed by atoms with Crippen LogP contribution in [-0.2, 0) is 0 Å². The maximum absolute atomic E-state index is 3.60. The van der Waals surface area contributed by atoms with Crippen LogP contribution in [0.5, 0.6) is 0 Å². The molecule has 0 atom stereocenters. The van der Waals surface area contributed by atoms with Gasteiger partial charge in [-0.2, -0.15) is 0 Å². The van der Waals surface area contributed by atoms with Crippen molar-refractivity contribution in [3.63, 3.8) is 0 Å². The van der Waals surface area contributed by atoms with Crippen molar-refractivity contribution in [2.24, 2.45) is 0 Å². The van der Waals surface area contributed by atoms with Gasteiger partial charge in [0.05, 0.1) is 0 Å². The van der Waals surface area contributed by atoms with Gasteiger partial charge in [0.2, 0.25) is 0 Å². The lowest BCUT2D eigenvalue weighted by atomic mass is 10.1. The number of benzene rings is 1. The molecule has 0 fully saturated rings. The van der Waals surface area contributed by atoms with E-state index in [1.165, 1.54) is 16.7 Å². The Hall–Kier alpha value is -4.18. The van der Waals surface area contributed by atoms with Crippen molar-refractivity contribution in [1.29, 1.82) is 0 Å². The van der Waals surface area contributed by atoms with Gasteiger partial charge in [0.15, 0.2) is 0 Å². The van der Waals surface area contributed by atoms with Crippen molar-refractivity contribution in [3.05, 3.63) is 116 Å². The third-order valence-corrected chi connectivity index (χ3v) is 5.66. The predicted molar refractivity (Wildman–Crippen MR) is 126 cm³/mol. The molecular weight excluding hydrogens is 380 g/mol. The van der Waals surface area contributed by atoms with Crippen LogP contribution in [0, 0.1) is 6.92 Å². The molecule has 1 aromatic carbocycles.